The molecule has 0 aliphatic carbocycles. The number of rotatable bonds is 1. The van der Waals surface area contributed by atoms with E-state index in [1.54, 1.807) is 11.3 Å². The van der Waals surface area contributed by atoms with Crippen LogP contribution in [0.5, 0.6) is 0 Å². The van der Waals surface area contributed by atoms with E-state index in [2.05, 4.69) is 13.0 Å². The second-order valence-corrected chi connectivity index (χ2v) is 4.02. The quantitative estimate of drug-likeness (QED) is 0.643. The Morgan fingerprint density at radius 1 is 1.08 bits per heavy atom. The molecule has 0 unspecified atom stereocenters. The van der Waals surface area contributed by atoms with Crippen LogP contribution >= 0.6 is 11.3 Å². The van der Waals surface area contributed by atoms with Crippen LogP contribution in [0, 0.1) is 12.7 Å². The van der Waals surface area contributed by atoms with Crippen molar-refractivity contribution < 1.29 is 4.39 Å². The molecule has 13 heavy (non-hydrogen) atoms. The molecule has 0 atom stereocenters. The summed E-state index contributed by atoms with van der Waals surface area (Å²) in [6, 6.07) is 8.67. The van der Waals surface area contributed by atoms with E-state index < -0.39 is 0 Å². The first-order valence-corrected chi connectivity index (χ1v) is 4.95. The average molecular weight is 192 g/mol. The lowest BCUT2D eigenvalue weighted by molar-refractivity contribution is 0.628. The van der Waals surface area contributed by atoms with Gasteiger partial charge in [-0.1, -0.05) is 12.1 Å². The molecule has 0 aliphatic heterocycles. The van der Waals surface area contributed by atoms with Gasteiger partial charge in [-0.15, -0.1) is 11.3 Å². The number of benzene rings is 1. The molecule has 0 spiro atoms. The average Bonchev–Trinajstić information content (AvgIpc) is 2.53. The van der Waals surface area contributed by atoms with Crippen LogP contribution in [0.15, 0.2) is 35.7 Å². The van der Waals surface area contributed by atoms with Crippen LogP contribution in [0.1, 0.15) is 4.88 Å². The van der Waals surface area contributed by atoms with Crippen LogP contribution in [0.25, 0.3) is 11.1 Å². The Morgan fingerprint density at radius 2 is 1.77 bits per heavy atom. The van der Waals surface area contributed by atoms with Crippen molar-refractivity contribution in [3.8, 4) is 11.1 Å². The summed E-state index contributed by atoms with van der Waals surface area (Å²) < 4.78 is 12.6. The first-order valence-electron chi connectivity index (χ1n) is 4.07. The Morgan fingerprint density at radius 3 is 2.31 bits per heavy atom. The smallest absolute Gasteiger partial charge is 0.123 e. The van der Waals surface area contributed by atoms with Crippen molar-refractivity contribution in [1.29, 1.82) is 0 Å². The molecule has 2 heteroatoms. The summed E-state index contributed by atoms with van der Waals surface area (Å²) in [6.07, 6.45) is 0. The van der Waals surface area contributed by atoms with Gasteiger partial charge in [-0.2, -0.15) is 0 Å². The lowest BCUT2D eigenvalue weighted by Gasteiger charge is -1.98. The molecule has 0 radical (unpaired) electrons. The van der Waals surface area contributed by atoms with Crippen LogP contribution in [0.4, 0.5) is 4.39 Å². The van der Waals surface area contributed by atoms with Crippen molar-refractivity contribution in [2.24, 2.45) is 0 Å². The predicted molar refractivity (Wildman–Crippen MR) is 54.5 cm³/mol. The van der Waals surface area contributed by atoms with E-state index in [0.29, 0.717) is 0 Å². The van der Waals surface area contributed by atoms with Gasteiger partial charge < -0.3 is 0 Å². The summed E-state index contributed by atoms with van der Waals surface area (Å²) >= 11 is 1.71. The van der Waals surface area contributed by atoms with Crippen molar-refractivity contribution in [2.75, 3.05) is 0 Å². The number of hydrogen-bond donors (Lipinski definition) is 0. The van der Waals surface area contributed by atoms with Crippen molar-refractivity contribution >= 4 is 11.3 Å². The predicted octanol–water partition coefficient (Wildman–Crippen LogP) is 3.86. The van der Waals surface area contributed by atoms with E-state index in [9.17, 15) is 4.39 Å². The highest BCUT2D eigenvalue weighted by Crippen LogP contribution is 2.27. The van der Waals surface area contributed by atoms with Gasteiger partial charge in [-0.05, 0) is 41.6 Å². The third kappa shape index (κ3) is 1.63. The topological polar surface area (TPSA) is 0 Å². The van der Waals surface area contributed by atoms with Gasteiger partial charge >= 0.3 is 0 Å². The van der Waals surface area contributed by atoms with E-state index in [4.69, 9.17) is 0 Å². The minimum Gasteiger partial charge on any atom is -0.207 e. The molecule has 2 aromatic rings. The maximum Gasteiger partial charge on any atom is 0.123 e. The van der Waals surface area contributed by atoms with Crippen molar-refractivity contribution in [1.82, 2.24) is 0 Å². The molecule has 0 amide bonds. The monoisotopic (exact) mass is 192 g/mol. The zero-order valence-electron chi connectivity index (χ0n) is 7.25. The Labute approximate surface area is 80.7 Å². The molecule has 0 N–H and O–H groups in total. The molecule has 66 valence electrons. The van der Waals surface area contributed by atoms with Gasteiger partial charge in [0.2, 0.25) is 0 Å². The second-order valence-electron chi connectivity index (χ2n) is 2.90. The summed E-state index contributed by atoms with van der Waals surface area (Å²) in [7, 11) is 0. The first-order chi connectivity index (χ1) is 6.27. The van der Waals surface area contributed by atoms with Crippen LogP contribution < -0.4 is 0 Å². The van der Waals surface area contributed by atoms with Crippen LogP contribution in [-0.4, -0.2) is 0 Å². The van der Waals surface area contributed by atoms with E-state index >= 15 is 0 Å². The van der Waals surface area contributed by atoms with Crippen molar-refractivity contribution in [3.63, 3.8) is 0 Å². The number of thiophene rings is 1. The highest BCUT2D eigenvalue weighted by Gasteiger charge is 2.01. The third-order valence-corrected chi connectivity index (χ3v) is 2.86. The molecule has 1 heterocycles. The highest BCUT2D eigenvalue weighted by molar-refractivity contribution is 7.10. The molecule has 0 aliphatic rings. The summed E-state index contributed by atoms with van der Waals surface area (Å²) in [4.78, 5) is 1.27. The SMILES string of the molecule is Cc1sccc1-c1ccc(F)cc1. The standard InChI is InChI=1S/C11H9FS/c1-8-11(6-7-13-8)9-2-4-10(12)5-3-9/h2-7H,1H3. The number of halogens is 1. The molecule has 2 rings (SSSR count). The van der Waals surface area contributed by atoms with Crippen LogP contribution in [0.3, 0.4) is 0 Å². The van der Waals surface area contributed by atoms with Gasteiger partial charge in [-0.3, -0.25) is 0 Å². The normalized spacial score (nSPS) is 10.3. The van der Waals surface area contributed by atoms with Gasteiger partial charge in [0.05, 0.1) is 0 Å². The molecule has 1 aromatic heterocycles. The minimum atomic E-state index is -0.184. The number of hydrogen-bond acceptors (Lipinski definition) is 1. The molecule has 0 nitrogen and oxygen atoms in total. The van der Waals surface area contributed by atoms with E-state index in [-0.39, 0.29) is 5.82 Å². The fraction of sp³-hybridized carbons (Fsp3) is 0.0909. The van der Waals surface area contributed by atoms with Crippen LogP contribution in [0.2, 0.25) is 0 Å². The largest absolute Gasteiger partial charge is 0.207 e. The van der Waals surface area contributed by atoms with Crippen molar-refractivity contribution in [2.45, 2.75) is 6.92 Å². The lowest BCUT2D eigenvalue weighted by atomic mass is 10.1. The van der Waals surface area contributed by atoms with Gasteiger partial charge in [0.25, 0.3) is 0 Å². The Balaban J connectivity index is 2.47. The Hall–Kier alpha value is -1.15. The second kappa shape index (κ2) is 3.30. The maximum atomic E-state index is 12.6. The fourth-order valence-corrected chi connectivity index (χ4v) is 2.04. The molecule has 0 saturated carbocycles. The molecular formula is C11H9FS. The summed E-state index contributed by atoms with van der Waals surface area (Å²) in [5, 5.41) is 2.05. The molecular weight excluding hydrogens is 183 g/mol. The van der Waals surface area contributed by atoms with Gasteiger partial charge in [0.1, 0.15) is 5.82 Å². The zero-order valence-corrected chi connectivity index (χ0v) is 8.07. The molecule has 0 fully saturated rings. The summed E-state index contributed by atoms with van der Waals surface area (Å²) in [5.74, 6) is -0.184. The molecule has 1 aromatic carbocycles. The lowest BCUT2D eigenvalue weighted by Crippen LogP contribution is -1.77. The van der Waals surface area contributed by atoms with Gasteiger partial charge in [0, 0.05) is 4.88 Å². The van der Waals surface area contributed by atoms with Gasteiger partial charge in [0.15, 0.2) is 0 Å². The van der Waals surface area contributed by atoms with E-state index in [0.717, 1.165) is 5.56 Å². The van der Waals surface area contributed by atoms with Crippen LogP contribution in [-0.2, 0) is 0 Å². The Kier molecular flexibility index (Phi) is 2.15. The highest BCUT2D eigenvalue weighted by atomic mass is 32.1. The third-order valence-electron chi connectivity index (χ3n) is 2.01. The Bertz CT molecular complexity index is 400. The number of aryl methyl sites for hydroxylation is 1. The van der Waals surface area contributed by atoms with E-state index in [1.807, 2.05) is 17.5 Å². The fourth-order valence-electron chi connectivity index (χ4n) is 1.31. The zero-order chi connectivity index (χ0) is 9.26. The van der Waals surface area contributed by atoms with Crippen molar-refractivity contribution in [3.05, 3.63) is 46.4 Å². The van der Waals surface area contributed by atoms with E-state index in [1.165, 1.54) is 22.6 Å². The maximum absolute atomic E-state index is 12.6. The molecule has 0 saturated heterocycles. The minimum absolute atomic E-state index is 0.184. The molecule has 0 bridgehead atoms. The first kappa shape index (κ1) is 8.45. The summed E-state index contributed by atoms with van der Waals surface area (Å²) in [5.41, 5.74) is 2.28. The van der Waals surface area contributed by atoms with Gasteiger partial charge in [-0.25, -0.2) is 4.39 Å². The summed E-state index contributed by atoms with van der Waals surface area (Å²) in [6.45, 7) is 2.07.